The van der Waals surface area contributed by atoms with Gasteiger partial charge in [0.25, 0.3) is 5.69 Å². The smallest absolute Gasteiger partial charge is 0.273 e. The van der Waals surface area contributed by atoms with Crippen molar-refractivity contribution >= 4 is 5.69 Å². The van der Waals surface area contributed by atoms with E-state index in [2.05, 4.69) is 4.98 Å². The Labute approximate surface area is 104 Å². The number of hydrogen-bond donors (Lipinski definition) is 1. The van der Waals surface area contributed by atoms with Gasteiger partial charge in [0.05, 0.1) is 11.5 Å². The summed E-state index contributed by atoms with van der Waals surface area (Å²) in [6.45, 7) is 0.455. The Hall–Kier alpha value is -2.21. The van der Waals surface area contributed by atoms with E-state index < -0.39 is 4.92 Å². The zero-order chi connectivity index (χ0) is 13.0. The molecule has 1 heterocycles. The van der Waals surface area contributed by atoms with E-state index in [0.29, 0.717) is 24.4 Å². The van der Waals surface area contributed by atoms with E-state index in [9.17, 15) is 10.1 Å². The third-order valence-corrected chi connectivity index (χ3v) is 2.68. The summed E-state index contributed by atoms with van der Waals surface area (Å²) >= 11 is 0. The molecule has 94 valence electrons. The molecule has 2 rings (SSSR count). The van der Waals surface area contributed by atoms with Crippen LogP contribution in [0.15, 0.2) is 36.7 Å². The molecule has 1 aromatic carbocycles. The van der Waals surface area contributed by atoms with Gasteiger partial charge in [-0.25, -0.2) is 4.98 Å². The number of aliphatic hydroxyl groups excluding tert-OH is 1. The Balaban J connectivity index is 2.28. The van der Waals surface area contributed by atoms with Crippen LogP contribution in [0.25, 0.3) is 0 Å². The molecule has 0 amide bonds. The molecular weight excluding hydrogens is 234 g/mol. The predicted octanol–water partition coefficient (Wildman–Crippen LogP) is 1.37. The van der Waals surface area contributed by atoms with E-state index >= 15 is 0 Å². The molecule has 0 radical (unpaired) electrons. The van der Waals surface area contributed by atoms with Gasteiger partial charge in [0, 0.05) is 37.0 Å². The maximum absolute atomic E-state index is 10.9. The molecule has 0 saturated carbocycles. The van der Waals surface area contributed by atoms with E-state index in [0.717, 1.165) is 0 Å². The summed E-state index contributed by atoms with van der Waals surface area (Å²) in [6, 6.07) is 6.61. The highest BCUT2D eigenvalue weighted by atomic mass is 16.6. The normalized spacial score (nSPS) is 10.5. The minimum Gasteiger partial charge on any atom is -0.395 e. The highest BCUT2D eigenvalue weighted by Gasteiger charge is 2.14. The maximum Gasteiger partial charge on any atom is 0.273 e. The minimum atomic E-state index is -0.394. The standard InChI is InChI=1S/C12H13N3O3/c16-8-7-14-6-5-13-12(14)9-10-3-1-2-4-11(10)15(17)18/h1-6,16H,7-9H2. The lowest BCUT2D eigenvalue weighted by atomic mass is 10.1. The number of aliphatic hydroxyl groups is 1. The Morgan fingerprint density at radius 2 is 2.17 bits per heavy atom. The highest BCUT2D eigenvalue weighted by molar-refractivity contribution is 5.41. The van der Waals surface area contributed by atoms with Crippen molar-refractivity contribution in [3.05, 3.63) is 58.2 Å². The first-order chi connectivity index (χ1) is 8.72. The maximum atomic E-state index is 10.9. The van der Waals surface area contributed by atoms with Crippen LogP contribution in [-0.4, -0.2) is 26.2 Å². The third kappa shape index (κ3) is 2.54. The van der Waals surface area contributed by atoms with Gasteiger partial charge in [0.15, 0.2) is 0 Å². The van der Waals surface area contributed by atoms with E-state index in [1.807, 2.05) is 0 Å². The van der Waals surface area contributed by atoms with Crippen LogP contribution in [0.1, 0.15) is 11.4 Å². The molecule has 0 spiro atoms. The van der Waals surface area contributed by atoms with Crippen molar-refractivity contribution in [3.63, 3.8) is 0 Å². The number of para-hydroxylation sites is 1. The molecule has 0 aliphatic heterocycles. The van der Waals surface area contributed by atoms with E-state index in [1.54, 1.807) is 35.2 Å². The Kier molecular flexibility index (Phi) is 3.69. The lowest BCUT2D eigenvalue weighted by Crippen LogP contribution is -2.07. The number of nitro benzene ring substituents is 1. The second-order valence-corrected chi connectivity index (χ2v) is 3.82. The van der Waals surface area contributed by atoms with E-state index in [4.69, 9.17) is 5.11 Å². The molecule has 0 aliphatic carbocycles. The number of rotatable bonds is 5. The molecular formula is C12H13N3O3. The van der Waals surface area contributed by atoms with Gasteiger partial charge in [-0.3, -0.25) is 10.1 Å². The average molecular weight is 247 g/mol. The second-order valence-electron chi connectivity index (χ2n) is 3.82. The zero-order valence-electron chi connectivity index (χ0n) is 9.69. The molecule has 0 aliphatic rings. The molecule has 18 heavy (non-hydrogen) atoms. The minimum absolute atomic E-state index is 0.0141. The Bertz CT molecular complexity index is 551. The van der Waals surface area contributed by atoms with Crippen LogP contribution in [0, 0.1) is 10.1 Å². The number of nitrogens with zero attached hydrogens (tertiary/aromatic N) is 3. The summed E-state index contributed by atoms with van der Waals surface area (Å²) in [6.07, 6.45) is 3.75. The fraction of sp³-hybridized carbons (Fsp3) is 0.250. The molecule has 2 aromatic rings. The van der Waals surface area contributed by atoms with Crippen LogP contribution in [-0.2, 0) is 13.0 Å². The topological polar surface area (TPSA) is 81.2 Å². The monoisotopic (exact) mass is 247 g/mol. The molecule has 0 atom stereocenters. The summed E-state index contributed by atoms with van der Waals surface area (Å²) in [5, 5.41) is 19.8. The first kappa shape index (κ1) is 12.3. The predicted molar refractivity (Wildman–Crippen MR) is 65.2 cm³/mol. The van der Waals surface area contributed by atoms with E-state index in [1.165, 1.54) is 6.07 Å². The SMILES string of the molecule is O=[N+]([O-])c1ccccc1Cc1nccn1CCO. The first-order valence-corrected chi connectivity index (χ1v) is 5.55. The van der Waals surface area contributed by atoms with Crippen LogP contribution < -0.4 is 0 Å². The summed E-state index contributed by atoms with van der Waals surface area (Å²) in [5.41, 5.74) is 0.712. The zero-order valence-corrected chi connectivity index (χ0v) is 9.69. The molecule has 1 aromatic heterocycles. The van der Waals surface area contributed by atoms with Gasteiger partial charge >= 0.3 is 0 Å². The lowest BCUT2D eigenvalue weighted by molar-refractivity contribution is -0.385. The van der Waals surface area contributed by atoms with Crippen molar-refractivity contribution < 1.29 is 10.0 Å². The van der Waals surface area contributed by atoms with Gasteiger partial charge in [-0.1, -0.05) is 18.2 Å². The van der Waals surface area contributed by atoms with Crippen LogP contribution in [0.4, 0.5) is 5.69 Å². The molecule has 1 N–H and O–H groups in total. The molecule has 6 heteroatoms. The van der Waals surface area contributed by atoms with E-state index in [-0.39, 0.29) is 12.3 Å². The number of benzene rings is 1. The molecule has 0 unspecified atom stereocenters. The number of imidazole rings is 1. The van der Waals surface area contributed by atoms with Crippen molar-refractivity contribution in [1.29, 1.82) is 0 Å². The number of nitro groups is 1. The van der Waals surface area contributed by atoms with Crippen LogP contribution in [0.5, 0.6) is 0 Å². The third-order valence-electron chi connectivity index (χ3n) is 2.68. The Morgan fingerprint density at radius 3 is 2.89 bits per heavy atom. The van der Waals surface area contributed by atoms with Crippen LogP contribution in [0.3, 0.4) is 0 Å². The van der Waals surface area contributed by atoms with Crippen molar-refractivity contribution in [2.45, 2.75) is 13.0 Å². The lowest BCUT2D eigenvalue weighted by Gasteiger charge is -2.06. The molecule has 0 fully saturated rings. The van der Waals surface area contributed by atoms with Crippen molar-refractivity contribution in [1.82, 2.24) is 9.55 Å². The fourth-order valence-corrected chi connectivity index (χ4v) is 1.83. The van der Waals surface area contributed by atoms with Crippen LogP contribution in [0.2, 0.25) is 0 Å². The first-order valence-electron chi connectivity index (χ1n) is 5.55. The summed E-state index contributed by atoms with van der Waals surface area (Å²) in [7, 11) is 0. The van der Waals surface area contributed by atoms with Crippen molar-refractivity contribution in [2.24, 2.45) is 0 Å². The van der Waals surface area contributed by atoms with Gasteiger partial charge in [0.2, 0.25) is 0 Å². The van der Waals surface area contributed by atoms with Crippen molar-refractivity contribution in [2.75, 3.05) is 6.61 Å². The Morgan fingerprint density at radius 1 is 1.39 bits per heavy atom. The molecule has 6 nitrogen and oxygen atoms in total. The van der Waals surface area contributed by atoms with Gasteiger partial charge in [-0.2, -0.15) is 0 Å². The largest absolute Gasteiger partial charge is 0.395 e. The quantitative estimate of drug-likeness (QED) is 0.639. The summed E-state index contributed by atoms with van der Waals surface area (Å²) in [5.74, 6) is 0.707. The molecule has 0 saturated heterocycles. The highest BCUT2D eigenvalue weighted by Crippen LogP contribution is 2.20. The average Bonchev–Trinajstić information content (AvgIpc) is 2.78. The number of aromatic nitrogens is 2. The van der Waals surface area contributed by atoms with Gasteiger partial charge < -0.3 is 9.67 Å². The summed E-state index contributed by atoms with van der Waals surface area (Å²) < 4.78 is 1.79. The molecule has 0 bridgehead atoms. The second kappa shape index (κ2) is 5.42. The van der Waals surface area contributed by atoms with Gasteiger partial charge in [-0.15, -0.1) is 0 Å². The van der Waals surface area contributed by atoms with Gasteiger partial charge in [0.1, 0.15) is 5.82 Å². The fourth-order valence-electron chi connectivity index (χ4n) is 1.83. The van der Waals surface area contributed by atoms with Gasteiger partial charge in [-0.05, 0) is 0 Å². The van der Waals surface area contributed by atoms with Crippen molar-refractivity contribution in [3.8, 4) is 0 Å². The summed E-state index contributed by atoms with van der Waals surface area (Å²) in [4.78, 5) is 14.7. The van der Waals surface area contributed by atoms with Crippen LogP contribution >= 0.6 is 0 Å². The number of hydrogen-bond acceptors (Lipinski definition) is 4.